The Bertz CT molecular complexity index is 1250. The summed E-state index contributed by atoms with van der Waals surface area (Å²) in [5.41, 5.74) is 3.60. The summed E-state index contributed by atoms with van der Waals surface area (Å²) in [6.07, 6.45) is 15.4. The molecule has 5 aliphatic rings. The van der Waals surface area contributed by atoms with E-state index in [1.165, 1.54) is 45.3 Å². The second-order valence-electron chi connectivity index (χ2n) is 11.2. The second-order valence-corrected chi connectivity index (χ2v) is 11.2. The highest BCUT2D eigenvalue weighted by molar-refractivity contribution is 5.82. The van der Waals surface area contributed by atoms with Crippen molar-refractivity contribution >= 4 is 16.7 Å². The summed E-state index contributed by atoms with van der Waals surface area (Å²) in [6, 6.07) is 9.02. The van der Waals surface area contributed by atoms with Gasteiger partial charge in [-0.1, -0.05) is 31.2 Å². The van der Waals surface area contributed by atoms with Crippen molar-refractivity contribution < 1.29 is 9.53 Å². The van der Waals surface area contributed by atoms with Gasteiger partial charge in [0.15, 0.2) is 0 Å². The number of nitrogens with two attached hydrogens (primary N) is 1. The average molecular weight is 442 g/mol. The zero-order valence-electron chi connectivity index (χ0n) is 19.2. The van der Waals surface area contributed by atoms with Crippen LogP contribution < -0.4 is 5.84 Å². The molecule has 0 unspecified atom stereocenters. The fourth-order valence-corrected chi connectivity index (χ4v) is 8.13. The van der Waals surface area contributed by atoms with Crippen LogP contribution in [-0.2, 0) is 9.53 Å². The third kappa shape index (κ3) is 2.55. The zero-order chi connectivity index (χ0) is 22.4. The third-order valence-electron chi connectivity index (χ3n) is 9.76. The van der Waals surface area contributed by atoms with Crippen LogP contribution in [0.25, 0.3) is 10.8 Å². The molecule has 1 amide bonds. The molecule has 1 aromatic heterocycles. The van der Waals surface area contributed by atoms with Gasteiger partial charge in [0.25, 0.3) is 0 Å². The number of allylic oxidation sites excluding steroid dienone is 1. The first-order chi connectivity index (χ1) is 15.9. The first-order valence-corrected chi connectivity index (χ1v) is 12.4. The van der Waals surface area contributed by atoms with Crippen molar-refractivity contribution in [3.63, 3.8) is 0 Å². The number of amides is 1. The number of hydrogen-bond donors (Lipinski definition) is 1. The summed E-state index contributed by atoms with van der Waals surface area (Å²) in [5, 5.41) is 3.88. The fourth-order valence-electron chi connectivity index (χ4n) is 8.13. The van der Waals surface area contributed by atoms with Gasteiger partial charge in [-0.25, -0.2) is 5.84 Å². The van der Waals surface area contributed by atoms with E-state index < -0.39 is 5.60 Å². The van der Waals surface area contributed by atoms with E-state index in [0.29, 0.717) is 24.8 Å². The summed E-state index contributed by atoms with van der Waals surface area (Å²) < 4.78 is 7.19. The Balaban J connectivity index is 1.30. The third-order valence-corrected chi connectivity index (χ3v) is 9.76. The van der Waals surface area contributed by atoms with Gasteiger partial charge >= 0.3 is 0 Å². The molecule has 2 spiro atoms. The molecule has 1 aromatic carbocycles. The number of nitrogens with zero attached hydrogens (tertiary/aromatic N) is 2. The van der Waals surface area contributed by atoms with E-state index >= 15 is 0 Å². The van der Waals surface area contributed by atoms with Crippen LogP contribution in [0.15, 0.2) is 60.0 Å². The summed E-state index contributed by atoms with van der Waals surface area (Å²) in [4.78, 5) is 16.7. The molecule has 3 aliphatic heterocycles. The predicted octanol–water partition coefficient (Wildman–Crippen LogP) is 4.79. The highest BCUT2D eigenvalue weighted by Crippen LogP contribution is 2.68. The molecule has 3 fully saturated rings. The van der Waals surface area contributed by atoms with Gasteiger partial charge in [0.1, 0.15) is 5.60 Å². The molecule has 7 rings (SSSR count). The fraction of sp³-hybridized carbons (Fsp3) is 0.500. The lowest BCUT2D eigenvalue weighted by Crippen LogP contribution is -2.55. The topological polar surface area (TPSA) is 68.5 Å². The van der Waals surface area contributed by atoms with Gasteiger partial charge in [-0.05, 0) is 90.0 Å². The van der Waals surface area contributed by atoms with Crippen molar-refractivity contribution in [2.24, 2.45) is 17.2 Å². The molecular weight excluding hydrogens is 410 g/mol. The Morgan fingerprint density at radius 2 is 2.06 bits per heavy atom. The van der Waals surface area contributed by atoms with E-state index in [1.54, 1.807) is 0 Å². The average Bonchev–Trinajstić information content (AvgIpc) is 3.30. The quantitative estimate of drug-likeness (QED) is 0.510. The number of benzene rings is 1. The Hall–Kier alpha value is -2.50. The first kappa shape index (κ1) is 19.9. The number of carbonyl (C=O) groups excluding carboxylic acids is 1. The lowest BCUT2D eigenvalue weighted by atomic mass is 9.58. The Morgan fingerprint density at radius 1 is 1.15 bits per heavy atom. The van der Waals surface area contributed by atoms with Crippen LogP contribution in [0, 0.1) is 11.3 Å². The van der Waals surface area contributed by atoms with Crippen molar-refractivity contribution in [2.45, 2.75) is 69.0 Å². The summed E-state index contributed by atoms with van der Waals surface area (Å²) in [7, 11) is 0. The molecule has 5 nitrogen and oxygen atoms in total. The van der Waals surface area contributed by atoms with Crippen molar-refractivity contribution in [2.75, 3.05) is 6.54 Å². The number of hydrazine groups is 1. The molecule has 2 N–H and O–H groups in total. The minimum Gasteiger partial charge on any atom is -0.357 e. The van der Waals surface area contributed by atoms with Gasteiger partial charge in [-0.15, -0.1) is 0 Å². The Morgan fingerprint density at radius 3 is 2.97 bits per heavy atom. The number of fused-ring (bicyclic) bond motifs is 2. The number of hydrogen-bond acceptors (Lipinski definition) is 4. The van der Waals surface area contributed by atoms with Gasteiger partial charge in [0, 0.05) is 24.2 Å². The van der Waals surface area contributed by atoms with Crippen molar-refractivity contribution in [3.8, 4) is 0 Å². The summed E-state index contributed by atoms with van der Waals surface area (Å²) in [6.45, 7) is 2.97. The number of aromatic nitrogens is 1. The standard InChI is InChI=1S/C28H31N3O2/c1-26-10-8-22-15-21-4-7-25(32)31(29)17-27(21)11-12-28(22,33-27)24(26)6-5-23(26)19-3-2-18-9-13-30-16-20(18)14-19/h2-3,8-9,13-16,23-24H,4-7,10-12,17,29H2,1H3/t23-,24-,26-,27-,28-/m1/s1. The van der Waals surface area contributed by atoms with Crippen LogP contribution in [0.2, 0.25) is 0 Å². The molecule has 2 saturated heterocycles. The maximum Gasteiger partial charge on any atom is 0.236 e. The molecule has 2 bridgehead atoms. The Labute approximate surface area is 194 Å². The van der Waals surface area contributed by atoms with E-state index in [-0.39, 0.29) is 16.9 Å². The molecule has 33 heavy (non-hydrogen) atoms. The number of ether oxygens (including phenoxy) is 1. The van der Waals surface area contributed by atoms with Crippen LogP contribution in [0.3, 0.4) is 0 Å². The van der Waals surface area contributed by atoms with E-state index in [2.05, 4.69) is 48.3 Å². The monoisotopic (exact) mass is 441 g/mol. The van der Waals surface area contributed by atoms with E-state index in [9.17, 15) is 4.79 Å². The van der Waals surface area contributed by atoms with Crippen LogP contribution in [-0.4, -0.2) is 33.6 Å². The number of carbonyl (C=O) groups is 1. The van der Waals surface area contributed by atoms with Crippen LogP contribution in [0.5, 0.6) is 0 Å². The summed E-state index contributed by atoms with van der Waals surface area (Å²) >= 11 is 0. The molecule has 5 atom stereocenters. The highest BCUT2D eigenvalue weighted by atomic mass is 16.5. The largest absolute Gasteiger partial charge is 0.357 e. The lowest BCUT2D eigenvalue weighted by molar-refractivity contribution is -0.144. The van der Waals surface area contributed by atoms with Gasteiger partial charge in [0.2, 0.25) is 5.91 Å². The first-order valence-electron chi connectivity index (χ1n) is 12.4. The van der Waals surface area contributed by atoms with Gasteiger partial charge in [0.05, 0.1) is 12.1 Å². The van der Waals surface area contributed by atoms with Crippen LogP contribution in [0.1, 0.15) is 63.4 Å². The van der Waals surface area contributed by atoms with Gasteiger partial charge in [-0.2, -0.15) is 0 Å². The predicted molar refractivity (Wildman–Crippen MR) is 127 cm³/mol. The van der Waals surface area contributed by atoms with Crippen molar-refractivity contribution in [3.05, 3.63) is 65.5 Å². The molecule has 2 aromatic rings. The zero-order valence-corrected chi connectivity index (χ0v) is 19.2. The lowest BCUT2D eigenvalue weighted by Gasteiger charge is -2.53. The SMILES string of the molecule is C[C@]12CC=C3C=C4CCC(=O)N(N)C[C@]45CC[C@]3(O5)[C@@H]1CC[C@@H]2c1ccc2ccncc2c1. The number of pyridine rings is 1. The van der Waals surface area contributed by atoms with Crippen molar-refractivity contribution in [1.82, 2.24) is 9.99 Å². The van der Waals surface area contributed by atoms with E-state index in [1.807, 2.05) is 12.4 Å². The molecule has 4 heterocycles. The minimum atomic E-state index is -0.400. The maximum atomic E-state index is 12.4. The van der Waals surface area contributed by atoms with Gasteiger partial charge in [-0.3, -0.25) is 14.8 Å². The maximum absolute atomic E-state index is 12.4. The van der Waals surface area contributed by atoms with E-state index in [4.69, 9.17) is 10.6 Å². The molecular formula is C28H31N3O2. The Kier molecular flexibility index (Phi) is 3.95. The minimum absolute atomic E-state index is 0.0257. The van der Waals surface area contributed by atoms with E-state index in [0.717, 1.165) is 25.7 Å². The van der Waals surface area contributed by atoms with Crippen LogP contribution in [0.4, 0.5) is 0 Å². The van der Waals surface area contributed by atoms with Crippen LogP contribution >= 0.6 is 0 Å². The summed E-state index contributed by atoms with van der Waals surface area (Å²) in [5.74, 6) is 7.17. The molecule has 1 saturated carbocycles. The molecule has 0 radical (unpaired) electrons. The normalized spacial score (nSPS) is 39.5. The van der Waals surface area contributed by atoms with Crippen molar-refractivity contribution in [1.29, 1.82) is 0 Å². The van der Waals surface area contributed by atoms with Gasteiger partial charge < -0.3 is 4.74 Å². The molecule has 5 heteroatoms. The second kappa shape index (κ2) is 6.55. The highest BCUT2D eigenvalue weighted by Gasteiger charge is 2.66. The smallest absolute Gasteiger partial charge is 0.236 e. The molecule has 170 valence electrons. The number of rotatable bonds is 1. The molecule has 2 aliphatic carbocycles.